The molecule has 1 aliphatic rings. The first-order chi connectivity index (χ1) is 7.29. The van der Waals surface area contributed by atoms with Crippen molar-refractivity contribution < 1.29 is 31.4 Å². The molecule has 0 radical (unpaired) electrons. The fourth-order valence-corrected chi connectivity index (χ4v) is 1.40. The molecule has 1 rings (SSSR count). The zero-order chi connectivity index (χ0) is 12.2. The molecule has 1 fully saturated rings. The average Bonchev–Trinajstić information content (AvgIpc) is 2.13. The SMILES string of the molecule is FC(F)(F)CC(F)(F)COC1CCCCO1. The molecular weight excluding hydrogens is 235 g/mol. The first kappa shape index (κ1) is 13.6. The van der Waals surface area contributed by atoms with Gasteiger partial charge in [-0.15, -0.1) is 0 Å². The lowest BCUT2D eigenvalue weighted by Gasteiger charge is -2.25. The van der Waals surface area contributed by atoms with Gasteiger partial charge in [0, 0.05) is 6.61 Å². The molecule has 2 nitrogen and oxygen atoms in total. The first-order valence-corrected chi connectivity index (χ1v) is 4.96. The summed E-state index contributed by atoms with van der Waals surface area (Å²) in [6.45, 7) is -0.854. The maximum absolute atomic E-state index is 12.8. The van der Waals surface area contributed by atoms with E-state index in [4.69, 9.17) is 4.74 Å². The lowest BCUT2D eigenvalue weighted by Crippen LogP contribution is -2.34. The predicted octanol–water partition coefficient (Wildman–Crippen LogP) is 3.12. The van der Waals surface area contributed by atoms with Crippen molar-refractivity contribution in [3.63, 3.8) is 0 Å². The van der Waals surface area contributed by atoms with Crippen LogP contribution in [-0.4, -0.2) is 31.6 Å². The van der Waals surface area contributed by atoms with Gasteiger partial charge in [-0.1, -0.05) is 0 Å². The number of ether oxygens (including phenoxy) is 2. The Hall–Kier alpha value is -0.430. The highest BCUT2D eigenvalue weighted by Gasteiger charge is 2.44. The van der Waals surface area contributed by atoms with Crippen LogP contribution in [0.25, 0.3) is 0 Å². The van der Waals surface area contributed by atoms with Gasteiger partial charge in [-0.3, -0.25) is 0 Å². The van der Waals surface area contributed by atoms with E-state index in [1.54, 1.807) is 0 Å². The second-order valence-corrected chi connectivity index (χ2v) is 3.76. The van der Waals surface area contributed by atoms with Gasteiger partial charge < -0.3 is 9.47 Å². The van der Waals surface area contributed by atoms with Crippen LogP contribution in [-0.2, 0) is 9.47 Å². The molecule has 1 unspecified atom stereocenters. The Kier molecular flexibility index (Phi) is 4.49. The van der Waals surface area contributed by atoms with Gasteiger partial charge in [-0.25, -0.2) is 8.78 Å². The minimum atomic E-state index is -4.89. The molecule has 0 aliphatic carbocycles. The summed E-state index contributed by atoms with van der Waals surface area (Å²) in [4.78, 5) is 0. The fraction of sp³-hybridized carbons (Fsp3) is 1.00. The quantitative estimate of drug-likeness (QED) is 0.712. The third-order valence-corrected chi connectivity index (χ3v) is 2.08. The summed E-state index contributed by atoms with van der Waals surface area (Å²) in [5.41, 5.74) is 0. The molecule has 0 bridgehead atoms. The van der Waals surface area contributed by atoms with Crippen LogP contribution in [0.15, 0.2) is 0 Å². The molecule has 0 saturated carbocycles. The summed E-state index contributed by atoms with van der Waals surface area (Å²) in [5, 5.41) is 0. The molecular formula is C9H13F5O2. The van der Waals surface area contributed by atoms with Crippen LogP contribution in [0.4, 0.5) is 22.0 Å². The van der Waals surface area contributed by atoms with Gasteiger partial charge in [0.2, 0.25) is 0 Å². The van der Waals surface area contributed by atoms with Gasteiger partial charge in [0.05, 0.1) is 0 Å². The van der Waals surface area contributed by atoms with E-state index in [0.29, 0.717) is 13.0 Å². The van der Waals surface area contributed by atoms with Crippen LogP contribution in [0.2, 0.25) is 0 Å². The summed E-state index contributed by atoms with van der Waals surface area (Å²) in [5.74, 6) is -3.89. The van der Waals surface area contributed by atoms with E-state index >= 15 is 0 Å². The van der Waals surface area contributed by atoms with Crippen molar-refractivity contribution in [3.8, 4) is 0 Å². The lowest BCUT2D eigenvalue weighted by molar-refractivity contribution is -0.234. The normalized spacial score (nSPS) is 23.4. The smallest absolute Gasteiger partial charge is 0.353 e. The third-order valence-electron chi connectivity index (χ3n) is 2.08. The number of alkyl halides is 5. The summed E-state index contributed by atoms with van der Waals surface area (Å²) >= 11 is 0. The molecule has 16 heavy (non-hydrogen) atoms. The first-order valence-electron chi connectivity index (χ1n) is 4.96. The zero-order valence-electron chi connectivity index (χ0n) is 8.53. The summed E-state index contributed by atoms with van der Waals surface area (Å²) in [6, 6.07) is 0. The Morgan fingerprint density at radius 2 is 1.81 bits per heavy atom. The topological polar surface area (TPSA) is 18.5 Å². The second kappa shape index (κ2) is 5.27. The number of hydrogen-bond acceptors (Lipinski definition) is 2. The monoisotopic (exact) mass is 248 g/mol. The van der Waals surface area contributed by atoms with Crippen LogP contribution in [0.1, 0.15) is 25.7 Å². The Labute approximate surface area is 89.7 Å². The highest BCUT2D eigenvalue weighted by Crippen LogP contribution is 2.32. The van der Waals surface area contributed by atoms with E-state index in [1.165, 1.54) is 0 Å². The van der Waals surface area contributed by atoms with Crippen molar-refractivity contribution in [2.45, 2.75) is 44.1 Å². The summed E-state index contributed by atoms with van der Waals surface area (Å²) in [7, 11) is 0. The molecule has 0 amide bonds. The molecule has 7 heteroatoms. The van der Waals surface area contributed by atoms with Gasteiger partial charge in [0.25, 0.3) is 5.92 Å². The Morgan fingerprint density at radius 1 is 1.12 bits per heavy atom. The molecule has 0 spiro atoms. The Morgan fingerprint density at radius 3 is 2.31 bits per heavy atom. The van der Waals surface area contributed by atoms with Gasteiger partial charge in [-0.05, 0) is 19.3 Å². The molecule has 1 heterocycles. The van der Waals surface area contributed by atoms with Crippen molar-refractivity contribution in [2.24, 2.45) is 0 Å². The van der Waals surface area contributed by atoms with Gasteiger partial charge in [0.1, 0.15) is 13.0 Å². The highest BCUT2D eigenvalue weighted by atomic mass is 19.4. The number of rotatable bonds is 4. The van der Waals surface area contributed by atoms with Crippen LogP contribution in [0.5, 0.6) is 0 Å². The zero-order valence-corrected chi connectivity index (χ0v) is 8.53. The van der Waals surface area contributed by atoms with Crippen LogP contribution in [0.3, 0.4) is 0 Å². The maximum Gasteiger partial charge on any atom is 0.394 e. The molecule has 0 aromatic rings. The minimum Gasteiger partial charge on any atom is -0.353 e. The van der Waals surface area contributed by atoms with Gasteiger partial charge in [-0.2, -0.15) is 13.2 Å². The maximum atomic E-state index is 12.8. The minimum absolute atomic E-state index is 0.398. The summed E-state index contributed by atoms with van der Waals surface area (Å²) in [6.07, 6.45) is -5.81. The van der Waals surface area contributed by atoms with Crippen molar-refractivity contribution in [2.75, 3.05) is 13.2 Å². The Balaban J connectivity index is 2.29. The van der Waals surface area contributed by atoms with Crippen LogP contribution in [0, 0.1) is 0 Å². The molecule has 0 aromatic carbocycles. The molecule has 0 aromatic heterocycles. The van der Waals surface area contributed by atoms with E-state index in [-0.39, 0.29) is 0 Å². The van der Waals surface area contributed by atoms with Gasteiger partial charge >= 0.3 is 6.18 Å². The van der Waals surface area contributed by atoms with E-state index in [9.17, 15) is 22.0 Å². The largest absolute Gasteiger partial charge is 0.394 e. The molecule has 96 valence electrons. The van der Waals surface area contributed by atoms with E-state index in [0.717, 1.165) is 12.8 Å². The third kappa shape index (κ3) is 5.60. The van der Waals surface area contributed by atoms with Crippen LogP contribution >= 0.6 is 0 Å². The van der Waals surface area contributed by atoms with E-state index in [2.05, 4.69) is 4.74 Å². The predicted molar refractivity (Wildman–Crippen MR) is 45.2 cm³/mol. The fourth-order valence-electron chi connectivity index (χ4n) is 1.40. The van der Waals surface area contributed by atoms with Crippen molar-refractivity contribution >= 4 is 0 Å². The number of hydrogen-bond donors (Lipinski definition) is 0. The van der Waals surface area contributed by atoms with Gasteiger partial charge in [0.15, 0.2) is 6.29 Å². The molecule has 1 atom stereocenters. The van der Waals surface area contributed by atoms with E-state index in [1.807, 2.05) is 0 Å². The Bertz CT molecular complexity index is 210. The lowest BCUT2D eigenvalue weighted by atomic mass is 10.2. The van der Waals surface area contributed by atoms with Crippen molar-refractivity contribution in [1.29, 1.82) is 0 Å². The van der Waals surface area contributed by atoms with Crippen molar-refractivity contribution in [1.82, 2.24) is 0 Å². The molecule has 0 N–H and O–H groups in total. The molecule has 1 saturated heterocycles. The highest BCUT2D eigenvalue weighted by molar-refractivity contribution is 4.71. The number of halogens is 5. The summed E-state index contributed by atoms with van der Waals surface area (Å²) < 4.78 is 70.4. The van der Waals surface area contributed by atoms with E-state index < -0.39 is 31.4 Å². The standard InChI is InChI=1S/C9H13F5O2/c10-8(11,5-9(12,13)14)6-16-7-3-1-2-4-15-7/h7H,1-6H2. The second-order valence-electron chi connectivity index (χ2n) is 3.76. The van der Waals surface area contributed by atoms with Crippen LogP contribution < -0.4 is 0 Å². The molecule has 1 aliphatic heterocycles. The average molecular weight is 248 g/mol. The van der Waals surface area contributed by atoms with Crippen molar-refractivity contribution in [3.05, 3.63) is 0 Å².